The third kappa shape index (κ3) is 4.35. The second-order valence-corrected chi connectivity index (χ2v) is 9.54. The highest BCUT2D eigenvalue weighted by atomic mass is 19.1. The highest BCUT2D eigenvalue weighted by Gasteiger charge is 2.52. The molecule has 0 aliphatic carbocycles. The van der Waals surface area contributed by atoms with Crippen LogP contribution in [0.5, 0.6) is 0 Å². The molecule has 2 aliphatic rings. The van der Waals surface area contributed by atoms with Gasteiger partial charge in [0, 0.05) is 37.1 Å². The monoisotopic (exact) mass is 427 g/mol. The molecule has 1 unspecified atom stereocenters. The largest absolute Gasteiger partial charge is 0.495 e. The Kier molecular flexibility index (Phi) is 5.85. The number of β-amino-alcohol motifs (C(OH)–C–C–N with tert-alkyl or cyclic N) is 1. The highest BCUT2D eigenvalue weighted by molar-refractivity contribution is 6.62. The van der Waals surface area contributed by atoms with Gasteiger partial charge in [-0.1, -0.05) is 12.1 Å². The number of benzene rings is 1. The average molecular weight is 427 g/mol. The molecule has 1 aromatic carbocycles. The van der Waals surface area contributed by atoms with Gasteiger partial charge in [-0.3, -0.25) is 4.90 Å². The van der Waals surface area contributed by atoms with E-state index >= 15 is 4.39 Å². The number of aliphatic hydroxyl groups excluding tert-OH is 1. The molecular formula is C23H31BFN3O3. The van der Waals surface area contributed by atoms with Gasteiger partial charge in [0.15, 0.2) is 11.6 Å². The van der Waals surface area contributed by atoms with Gasteiger partial charge in [-0.2, -0.15) is 0 Å². The van der Waals surface area contributed by atoms with Crippen molar-refractivity contribution in [3.63, 3.8) is 0 Å². The van der Waals surface area contributed by atoms with E-state index in [1.807, 2.05) is 52.8 Å². The fourth-order valence-electron chi connectivity index (χ4n) is 4.03. The standard InChI is InChI=1S/C23H31BFN3O3/c1-15-18(24-30-22(2,3)23(4,5)31-24)7-6-8-19(15)27-21-20(25)16(9-11-26-21)13-28-12-10-17(29)14-28/h6-9,11,17,29H,10,12-14H2,1-5H3,(H,26,27). The Balaban J connectivity index is 1.56. The lowest BCUT2D eigenvalue weighted by atomic mass is 9.76. The van der Waals surface area contributed by atoms with E-state index in [9.17, 15) is 5.11 Å². The molecule has 0 radical (unpaired) electrons. The fraction of sp³-hybridized carbons (Fsp3) is 0.522. The molecule has 2 aromatic rings. The maximum atomic E-state index is 15.2. The van der Waals surface area contributed by atoms with Crippen molar-refractivity contribution in [3.05, 3.63) is 47.4 Å². The van der Waals surface area contributed by atoms with Crippen molar-refractivity contribution in [2.45, 2.75) is 64.9 Å². The quantitative estimate of drug-likeness (QED) is 0.715. The number of hydrogen-bond acceptors (Lipinski definition) is 6. The van der Waals surface area contributed by atoms with Crippen molar-refractivity contribution >= 4 is 24.1 Å². The molecule has 0 spiro atoms. The minimum atomic E-state index is -0.488. The second-order valence-electron chi connectivity index (χ2n) is 9.54. The van der Waals surface area contributed by atoms with Crippen LogP contribution in [0.3, 0.4) is 0 Å². The van der Waals surface area contributed by atoms with E-state index in [1.54, 1.807) is 12.3 Å². The van der Waals surface area contributed by atoms with Crippen LogP contribution in [0.25, 0.3) is 0 Å². The summed E-state index contributed by atoms with van der Waals surface area (Å²) in [5, 5.41) is 12.9. The van der Waals surface area contributed by atoms with Crippen molar-refractivity contribution in [1.29, 1.82) is 0 Å². The molecule has 31 heavy (non-hydrogen) atoms. The molecule has 4 rings (SSSR count). The summed E-state index contributed by atoms with van der Waals surface area (Å²) < 4.78 is 27.6. The Hall–Kier alpha value is -2.00. The molecule has 2 aliphatic heterocycles. The molecule has 2 N–H and O–H groups in total. The first kappa shape index (κ1) is 22.2. The Labute approximate surface area is 183 Å². The predicted molar refractivity (Wildman–Crippen MR) is 120 cm³/mol. The third-order valence-electron chi connectivity index (χ3n) is 6.75. The van der Waals surface area contributed by atoms with Crippen LogP contribution in [0.15, 0.2) is 30.5 Å². The summed E-state index contributed by atoms with van der Waals surface area (Å²) in [6.07, 6.45) is 2.01. The van der Waals surface area contributed by atoms with Crippen molar-refractivity contribution < 1.29 is 18.8 Å². The topological polar surface area (TPSA) is 66.9 Å². The Morgan fingerprint density at radius 2 is 1.94 bits per heavy atom. The van der Waals surface area contributed by atoms with Gasteiger partial charge < -0.3 is 19.7 Å². The number of anilines is 2. The maximum absolute atomic E-state index is 15.2. The van der Waals surface area contributed by atoms with Crippen LogP contribution in [0, 0.1) is 12.7 Å². The summed E-state index contributed by atoms with van der Waals surface area (Å²) in [4.78, 5) is 6.27. The lowest BCUT2D eigenvalue weighted by Gasteiger charge is -2.32. The Bertz CT molecular complexity index is 953. The van der Waals surface area contributed by atoms with E-state index in [0.717, 1.165) is 29.7 Å². The predicted octanol–water partition coefficient (Wildman–Crippen LogP) is 3.14. The molecule has 1 atom stereocenters. The van der Waals surface area contributed by atoms with Crippen LogP contribution >= 0.6 is 0 Å². The Morgan fingerprint density at radius 3 is 2.58 bits per heavy atom. The Morgan fingerprint density at radius 1 is 1.23 bits per heavy atom. The zero-order valence-electron chi connectivity index (χ0n) is 18.9. The number of pyridine rings is 1. The minimum absolute atomic E-state index is 0.186. The number of nitrogens with zero attached hydrogens (tertiary/aromatic N) is 2. The van der Waals surface area contributed by atoms with Crippen LogP contribution in [-0.4, -0.2) is 52.5 Å². The van der Waals surface area contributed by atoms with Crippen LogP contribution in [0.1, 0.15) is 45.2 Å². The van der Waals surface area contributed by atoms with Crippen LogP contribution in [-0.2, 0) is 15.9 Å². The first-order chi connectivity index (χ1) is 14.6. The molecule has 8 heteroatoms. The summed E-state index contributed by atoms with van der Waals surface area (Å²) in [7, 11) is -0.488. The minimum Gasteiger partial charge on any atom is -0.399 e. The number of likely N-dealkylation sites (tertiary alicyclic amines) is 1. The fourth-order valence-corrected chi connectivity index (χ4v) is 4.03. The number of rotatable bonds is 5. The molecule has 166 valence electrons. The van der Waals surface area contributed by atoms with E-state index in [1.165, 1.54) is 0 Å². The van der Waals surface area contributed by atoms with Gasteiger partial charge in [0.1, 0.15) is 0 Å². The summed E-state index contributed by atoms with van der Waals surface area (Å²) >= 11 is 0. The van der Waals surface area contributed by atoms with Crippen molar-refractivity contribution in [1.82, 2.24) is 9.88 Å². The molecule has 0 saturated carbocycles. The van der Waals surface area contributed by atoms with E-state index in [2.05, 4.69) is 15.2 Å². The number of halogens is 1. The molecule has 0 bridgehead atoms. The lowest BCUT2D eigenvalue weighted by molar-refractivity contribution is 0.00578. The maximum Gasteiger partial charge on any atom is 0.495 e. The zero-order chi connectivity index (χ0) is 22.4. The molecule has 1 aromatic heterocycles. The van der Waals surface area contributed by atoms with E-state index < -0.39 is 18.3 Å². The third-order valence-corrected chi connectivity index (χ3v) is 6.75. The molecular weight excluding hydrogens is 396 g/mol. The molecule has 6 nitrogen and oxygen atoms in total. The lowest BCUT2D eigenvalue weighted by Crippen LogP contribution is -2.41. The number of hydrogen-bond donors (Lipinski definition) is 2. The van der Waals surface area contributed by atoms with Gasteiger partial charge in [-0.05, 0) is 64.2 Å². The second kappa shape index (κ2) is 8.17. The normalized spacial score (nSPS) is 22.8. The first-order valence-corrected chi connectivity index (χ1v) is 10.8. The van der Waals surface area contributed by atoms with Gasteiger partial charge in [-0.15, -0.1) is 0 Å². The van der Waals surface area contributed by atoms with Crippen molar-refractivity contribution in [2.75, 3.05) is 18.4 Å². The first-order valence-electron chi connectivity index (χ1n) is 10.8. The van der Waals surface area contributed by atoms with Crippen LogP contribution < -0.4 is 10.8 Å². The molecule has 3 heterocycles. The van der Waals surface area contributed by atoms with Gasteiger partial charge in [0.2, 0.25) is 0 Å². The molecule has 2 fully saturated rings. The highest BCUT2D eigenvalue weighted by Crippen LogP contribution is 2.37. The average Bonchev–Trinajstić information content (AvgIpc) is 3.19. The number of aliphatic hydroxyl groups is 1. The molecule has 2 saturated heterocycles. The summed E-state index contributed by atoms with van der Waals surface area (Å²) in [5.74, 6) is -0.185. The SMILES string of the molecule is Cc1c(Nc2nccc(CN3CCC(O)C3)c2F)cccc1B1OC(C)(C)C(C)(C)O1. The van der Waals surface area contributed by atoms with Crippen LogP contribution in [0.2, 0.25) is 0 Å². The van der Waals surface area contributed by atoms with Gasteiger partial charge >= 0.3 is 7.12 Å². The van der Waals surface area contributed by atoms with Gasteiger partial charge in [-0.25, -0.2) is 9.37 Å². The number of aromatic nitrogens is 1. The van der Waals surface area contributed by atoms with Crippen molar-refractivity contribution in [3.8, 4) is 0 Å². The molecule has 0 amide bonds. The van der Waals surface area contributed by atoms with E-state index in [0.29, 0.717) is 18.7 Å². The van der Waals surface area contributed by atoms with E-state index in [-0.39, 0.29) is 17.7 Å². The van der Waals surface area contributed by atoms with Gasteiger partial charge in [0.05, 0.1) is 17.3 Å². The summed E-state index contributed by atoms with van der Waals surface area (Å²) in [5.41, 5.74) is 2.29. The summed E-state index contributed by atoms with van der Waals surface area (Å²) in [6.45, 7) is 11.8. The number of nitrogens with one attached hydrogen (secondary N) is 1. The summed E-state index contributed by atoms with van der Waals surface area (Å²) in [6, 6.07) is 7.47. The van der Waals surface area contributed by atoms with Crippen molar-refractivity contribution in [2.24, 2.45) is 0 Å². The van der Waals surface area contributed by atoms with Crippen LogP contribution in [0.4, 0.5) is 15.9 Å². The van der Waals surface area contributed by atoms with E-state index in [4.69, 9.17) is 9.31 Å². The smallest absolute Gasteiger partial charge is 0.399 e. The van der Waals surface area contributed by atoms with Gasteiger partial charge in [0.25, 0.3) is 0 Å². The zero-order valence-corrected chi connectivity index (χ0v) is 18.9.